The van der Waals surface area contributed by atoms with E-state index in [4.69, 9.17) is 9.15 Å². The normalized spacial score (nSPS) is 16.4. The average molecular weight is 232 g/mol. The molecule has 1 fully saturated rings. The summed E-state index contributed by atoms with van der Waals surface area (Å²) in [6.45, 7) is 5.73. The lowest BCUT2D eigenvalue weighted by Crippen LogP contribution is -2.40. The van der Waals surface area contributed by atoms with Gasteiger partial charge in [0.2, 0.25) is 0 Å². The molecule has 1 saturated heterocycles. The van der Waals surface area contributed by atoms with Gasteiger partial charge in [-0.25, -0.2) is 4.98 Å². The van der Waals surface area contributed by atoms with Gasteiger partial charge >= 0.3 is 0 Å². The predicted molar refractivity (Wildman–Crippen MR) is 66.3 cm³/mol. The van der Waals surface area contributed by atoms with Crippen molar-refractivity contribution in [3.05, 3.63) is 24.1 Å². The third-order valence-corrected chi connectivity index (χ3v) is 2.91. The summed E-state index contributed by atoms with van der Waals surface area (Å²) in [5, 5.41) is 3.40. The number of ether oxygens (including phenoxy) is 1. The molecule has 2 aromatic rings. The van der Waals surface area contributed by atoms with Gasteiger partial charge in [-0.1, -0.05) is 13.8 Å². The van der Waals surface area contributed by atoms with Gasteiger partial charge in [-0.15, -0.1) is 0 Å². The smallest absolute Gasteiger partial charge is 0.198 e. The molecular formula is C13H16N2O2. The van der Waals surface area contributed by atoms with Gasteiger partial charge in [0.1, 0.15) is 5.52 Å². The second-order valence-electron chi connectivity index (χ2n) is 4.77. The second-order valence-corrected chi connectivity index (χ2v) is 4.77. The van der Waals surface area contributed by atoms with E-state index in [1.807, 2.05) is 18.2 Å². The van der Waals surface area contributed by atoms with E-state index in [1.54, 1.807) is 0 Å². The fraction of sp³-hybridized carbons (Fsp3) is 0.462. The van der Waals surface area contributed by atoms with Crippen molar-refractivity contribution in [1.29, 1.82) is 0 Å². The van der Waals surface area contributed by atoms with E-state index in [9.17, 15) is 0 Å². The maximum Gasteiger partial charge on any atom is 0.198 e. The first-order valence-electron chi connectivity index (χ1n) is 5.97. The number of nitrogens with zero attached hydrogens (tertiary/aromatic N) is 1. The van der Waals surface area contributed by atoms with Gasteiger partial charge in [-0.3, -0.25) is 0 Å². The summed E-state index contributed by atoms with van der Waals surface area (Å²) in [5.74, 6) is 1.11. The third kappa shape index (κ3) is 2.00. The lowest BCUT2D eigenvalue weighted by Gasteiger charge is -2.27. The number of rotatable bonds is 3. The number of aromatic nitrogens is 1. The van der Waals surface area contributed by atoms with Gasteiger partial charge in [0.25, 0.3) is 0 Å². The molecule has 17 heavy (non-hydrogen) atoms. The lowest BCUT2D eigenvalue weighted by molar-refractivity contribution is 0.0211. The first-order chi connectivity index (χ1) is 8.22. The van der Waals surface area contributed by atoms with Crippen LogP contribution in [0.1, 0.15) is 25.7 Å². The summed E-state index contributed by atoms with van der Waals surface area (Å²) in [4.78, 5) is 4.49. The fourth-order valence-electron chi connectivity index (χ4n) is 1.84. The molecule has 0 bridgehead atoms. The van der Waals surface area contributed by atoms with Crippen molar-refractivity contribution in [3.63, 3.8) is 0 Å². The molecule has 0 aliphatic carbocycles. The molecule has 90 valence electrons. The minimum absolute atomic E-state index is 0.318. The molecule has 4 nitrogen and oxygen atoms in total. The monoisotopic (exact) mass is 232 g/mol. The Kier molecular flexibility index (Phi) is 2.52. The van der Waals surface area contributed by atoms with E-state index >= 15 is 0 Å². The molecule has 0 atom stereocenters. The van der Waals surface area contributed by atoms with Crippen LogP contribution in [-0.4, -0.2) is 24.2 Å². The molecule has 0 amide bonds. The third-order valence-electron chi connectivity index (χ3n) is 2.91. The highest BCUT2D eigenvalue weighted by Crippen LogP contribution is 2.24. The number of nitrogens with one attached hydrogen (secondary N) is 1. The summed E-state index contributed by atoms with van der Waals surface area (Å²) < 4.78 is 10.8. The lowest BCUT2D eigenvalue weighted by atomic mass is 10.2. The Morgan fingerprint density at radius 3 is 2.82 bits per heavy atom. The standard InChI is InChI=1S/C13H16N2O2/c1-8(2)13-15-11-5-9(3-4-12(11)17-13)14-10-6-16-7-10/h3-5,8,10,14H,6-7H2,1-2H3. The molecule has 4 heteroatoms. The number of hydrogen-bond donors (Lipinski definition) is 1. The number of oxazole rings is 1. The fourth-order valence-corrected chi connectivity index (χ4v) is 1.84. The zero-order valence-electron chi connectivity index (χ0n) is 10.1. The number of benzene rings is 1. The van der Waals surface area contributed by atoms with Crippen LogP contribution >= 0.6 is 0 Å². The highest BCUT2D eigenvalue weighted by Gasteiger charge is 2.18. The summed E-state index contributed by atoms with van der Waals surface area (Å²) >= 11 is 0. The van der Waals surface area contributed by atoms with Crippen LogP contribution < -0.4 is 5.32 Å². The second kappa shape index (κ2) is 4.04. The van der Waals surface area contributed by atoms with Crippen LogP contribution in [0.15, 0.2) is 22.6 Å². The van der Waals surface area contributed by atoms with Crippen LogP contribution in [0.4, 0.5) is 5.69 Å². The highest BCUT2D eigenvalue weighted by atomic mass is 16.5. The molecule has 1 aliphatic heterocycles. The van der Waals surface area contributed by atoms with Gasteiger partial charge in [0.15, 0.2) is 11.5 Å². The van der Waals surface area contributed by atoms with E-state index < -0.39 is 0 Å². The van der Waals surface area contributed by atoms with Crippen LogP contribution in [0.5, 0.6) is 0 Å². The van der Waals surface area contributed by atoms with Crippen LogP contribution in [0.2, 0.25) is 0 Å². The molecule has 1 aliphatic rings. The Balaban J connectivity index is 1.89. The SMILES string of the molecule is CC(C)c1nc2cc(NC3COC3)ccc2o1. The molecule has 3 rings (SSSR count). The van der Waals surface area contributed by atoms with Gasteiger partial charge in [0.05, 0.1) is 19.3 Å². The number of fused-ring (bicyclic) bond motifs is 1. The van der Waals surface area contributed by atoms with E-state index in [0.29, 0.717) is 12.0 Å². The van der Waals surface area contributed by atoms with Crippen molar-refractivity contribution < 1.29 is 9.15 Å². The van der Waals surface area contributed by atoms with Crippen LogP contribution in [0, 0.1) is 0 Å². The quantitative estimate of drug-likeness (QED) is 0.884. The summed E-state index contributed by atoms with van der Waals surface area (Å²) in [5.41, 5.74) is 2.84. The molecular weight excluding hydrogens is 216 g/mol. The molecule has 1 aromatic heterocycles. The summed E-state index contributed by atoms with van der Waals surface area (Å²) in [6.07, 6.45) is 0. The average Bonchev–Trinajstić information content (AvgIpc) is 2.66. The molecule has 0 spiro atoms. The first-order valence-corrected chi connectivity index (χ1v) is 5.97. The minimum atomic E-state index is 0.318. The Morgan fingerprint density at radius 2 is 2.18 bits per heavy atom. The Labute approximate surface area is 100.0 Å². The molecule has 0 saturated carbocycles. The van der Waals surface area contributed by atoms with Crippen LogP contribution in [-0.2, 0) is 4.74 Å². The highest BCUT2D eigenvalue weighted by molar-refractivity contribution is 5.77. The zero-order valence-corrected chi connectivity index (χ0v) is 10.1. The maximum atomic E-state index is 5.67. The summed E-state index contributed by atoms with van der Waals surface area (Å²) in [6, 6.07) is 6.46. The molecule has 1 N–H and O–H groups in total. The van der Waals surface area contributed by atoms with Crippen LogP contribution in [0.25, 0.3) is 11.1 Å². The predicted octanol–water partition coefficient (Wildman–Crippen LogP) is 2.76. The van der Waals surface area contributed by atoms with Gasteiger partial charge < -0.3 is 14.5 Å². The van der Waals surface area contributed by atoms with E-state index in [2.05, 4.69) is 24.1 Å². The van der Waals surface area contributed by atoms with Crippen molar-refractivity contribution >= 4 is 16.8 Å². The molecule has 0 radical (unpaired) electrons. The topological polar surface area (TPSA) is 47.3 Å². The Morgan fingerprint density at radius 1 is 1.35 bits per heavy atom. The van der Waals surface area contributed by atoms with Crippen molar-refractivity contribution in [2.45, 2.75) is 25.8 Å². The van der Waals surface area contributed by atoms with Crippen LogP contribution in [0.3, 0.4) is 0 Å². The van der Waals surface area contributed by atoms with E-state index in [0.717, 1.165) is 35.9 Å². The number of hydrogen-bond acceptors (Lipinski definition) is 4. The molecule has 0 unspecified atom stereocenters. The number of anilines is 1. The van der Waals surface area contributed by atoms with Gasteiger partial charge in [-0.05, 0) is 18.2 Å². The van der Waals surface area contributed by atoms with Crippen molar-refractivity contribution in [2.75, 3.05) is 18.5 Å². The first kappa shape index (κ1) is 10.6. The maximum absolute atomic E-state index is 5.67. The van der Waals surface area contributed by atoms with Crippen molar-refractivity contribution in [2.24, 2.45) is 0 Å². The van der Waals surface area contributed by atoms with Gasteiger partial charge in [0, 0.05) is 11.6 Å². The van der Waals surface area contributed by atoms with Gasteiger partial charge in [-0.2, -0.15) is 0 Å². The molecule has 1 aromatic carbocycles. The summed E-state index contributed by atoms with van der Waals surface area (Å²) in [7, 11) is 0. The van der Waals surface area contributed by atoms with E-state index in [1.165, 1.54) is 0 Å². The Bertz CT molecular complexity index is 529. The minimum Gasteiger partial charge on any atom is -0.440 e. The van der Waals surface area contributed by atoms with E-state index in [-0.39, 0.29) is 0 Å². The largest absolute Gasteiger partial charge is 0.440 e. The Hall–Kier alpha value is -1.55. The van der Waals surface area contributed by atoms with Crippen molar-refractivity contribution in [1.82, 2.24) is 4.98 Å². The zero-order chi connectivity index (χ0) is 11.8. The molecule has 2 heterocycles. The van der Waals surface area contributed by atoms with Crippen molar-refractivity contribution in [3.8, 4) is 0 Å².